The molecule has 1 heterocycles. The van der Waals surface area contributed by atoms with Crippen molar-refractivity contribution in [3.8, 4) is 5.75 Å². The van der Waals surface area contributed by atoms with Crippen LogP contribution in [-0.4, -0.2) is 73.4 Å². The van der Waals surface area contributed by atoms with E-state index in [1.165, 1.54) is 0 Å². The largest absolute Gasteiger partial charge is 0.508 e. The van der Waals surface area contributed by atoms with Gasteiger partial charge in [0.2, 0.25) is 0 Å². The molecule has 1 aliphatic heterocycles. The van der Waals surface area contributed by atoms with E-state index in [2.05, 4.69) is 4.90 Å². The first-order chi connectivity index (χ1) is 13.7. The average molecular weight is 384 g/mol. The number of carbonyl (C=O) groups is 1. The molecule has 2 aromatic rings. The smallest absolute Gasteiger partial charge is 0.254 e. The van der Waals surface area contributed by atoms with Gasteiger partial charge in [0, 0.05) is 51.0 Å². The van der Waals surface area contributed by atoms with Gasteiger partial charge < -0.3 is 19.5 Å². The Balaban J connectivity index is 1.63. The Bertz CT molecular complexity index is 753. The average Bonchev–Trinajstić information content (AvgIpc) is 2.73. The van der Waals surface area contributed by atoms with E-state index in [4.69, 9.17) is 9.47 Å². The molecule has 0 saturated carbocycles. The van der Waals surface area contributed by atoms with Crippen LogP contribution >= 0.6 is 0 Å². The van der Waals surface area contributed by atoms with Gasteiger partial charge in [-0.1, -0.05) is 36.4 Å². The van der Waals surface area contributed by atoms with Crippen molar-refractivity contribution in [3.05, 3.63) is 65.7 Å². The molecular weight excluding hydrogens is 356 g/mol. The third kappa shape index (κ3) is 5.55. The lowest BCUT2D eigenvalue weighted by molar-refractivity contribution is -0.0445. The van der Waals surface area contributed by atoms with Crippen LogP contribution in [0, 0.1) is 0 Å². The van der Waals surface area contributed by atoms with Gasteiger partial charge in [0.25, 0.3) is 5.91 Å². The second kappa shape index (κ2) is 10.2. The minimum absolute atomic E-state index is 0.0147. The molecule has 28 heavy (non-hydrogen) atoms. The second-order valence-electron chi connectivity index (χ2n) is 6.97. The number of morpholine rings is 1. The van der Waals surface area contributed by atoms with Crippen molar-refractivity contribution in [3.63, 3.8) is 0 Å². The number of rotatable bonds is 8. The summed E-state index contributed by atoms with van der Waals surface area (Å²) in [4.78, 5) is 17.0. The van der Waals surface area contributed by atoms with E-state index in [9.17, 15) is 9.90 Å². The number of hydrogen-bond donors (Lipinski definition) is 1. The zero-order chi connectivity index (χ0) is 19.8. The molecule has 1 fully saturated rings. The van der Waals surface area contributed by atoms with Crippen LogP contribution in [0.5, 0.6) is 5.75 Å². The summed E-state index contributed by atoms with van der Waals surface area (Å²) < 4.78 is 11.1. The Morgan fingerprint density at radius 3 is 2.71 bits per heavy atom. The quantitative estimate of drug-likeness (QED) is 0.757. The number of amides is 1. The van der Waals surface area contributed by atoms with Gasteiger partial charge in [-0.05, 0) is 18.2 Å². The first-order valence-electron chi connectivity index (χ1n) is 9.61. The normalized spacial score (nSPS) is 17.4. The third-order valence-electron chi connectivity index (χ3n) is 4.91. The number of para-hydroxylation sites is 1. The van der Waals surface area contributed by atoms with E-state index < -0.39 is 0 Å². The number of methoxy groups -OCH3 is 1. The van der Waals surface area contributed by atoms with Crippen molar-refractivity contribution in [2.75, 3.05) is 46.5 Å². The molecule has 150 valence electrons. The Morgan fingerprint density at radius 1 is 1.21 bits per heavy atom. The zero-order valence-corrected chi connectivity index (χ0v) is 16.3. The van der Waals surface area contributed by atoms with Crippen molar-refractivity contribution < 1.29 is 19.4 Å². The first kappa shape index (κ1) is 20.3. The summed E-state index contributed by atoms with van der Waals surface area (Å²) in [5, 5.41) is 10.0. The fourth-order valence-corrected chi connectivity index (χ4v) is 3.41. The summed E-state index contributed by atoms with van der Waals surface area (Å²) in [6.07, 6.45) is -0.0795. The highest BCUT2D eigenvalue weighted by Gasteiger charge is 2.26. The molecule has 0 spiro atoms. The second-order valence-corrected chi connectivity index (χ2v) is 6.97. The highest BCUT2D eigenvalue weighted by atomic mass is 16.5. The summed E-state index contributed by atoms with van der Waals surface area (Å²) in [5.41, 5.74) is 1.57. The number of hydrogen-bond acceptors (Lipinski definition) is 5. The molecule has 0 aliphatic carbocycles. The number of nitrogens with zero attached hydrogens (tertiary/aromatic N) is 2. The number of phenolic OH excluding ortho intramolecular Hbond substituents is 1. The van der Waals surface area contributed by atoms with Crippen molar-refractivity contribution in [1.29, 1.82) is 0 Å². The maximum atomic E-state index is 12.9. The van der Waals surface area contributed by atoms with Crippen molar-refractivity contribution in [1.82, 2.24) is 9.80 Å². The maximum absolute atomic E-state index is 12.9. The van der Waals surface area contributed by atoms with Gasteiger partial charge in [-0.25, -0.2) is 0 Å². The van der Waals surface area contributed by atoms with Crippen molar-refractivity contribution >= 4 is 5.91 Å². The van der Waals surface area contributed by atoms with Crippen LogP contribution in [-0.2, 0) is 16.0 Å². The topological polar surface area (TPSA) is 62.2 Å². The lowest BCUT2D eigenvalue weighted by Gasteiger charge is -2.36. The number of benzene rings is 2. The summed E-state index contributed by atoms with van der Waals surface area (Å²) >= 11 is 0. The lowest BCUT2D eigenvalue weighted by Crippen LogP contribution is -2.49. The molecular formula is C22H28N2O4. The van der Waals surface area contributed by atoms with Crippen LogP contribution < -0.4 is 0 Å². The van der Waals surface area contributed by atoms with Crippen LogP contribution in [0.25, 0.3) is 0 Å². The number of ether oxygens (including phenoxy) is 2. The molecule has 1 amide bonds. The molecule has 1 saturated heterocycles. The van der Waals surface area contributed by atoms with E-state index >= 15 is 0 Å². The Hall–Kier alpha value is -2.41. The molecule has 1 atom stereocenters. The van der Waals surface area contributed by atoms with E-state index in [1.54, 1.807) is 18.1 Å². The minimum atomic E-state index is -0.0795. The standard InChI is InChI=1S/C22H28N2O4/c1-27-13-12-24(22(26)18-7-3-2-4-8-18)17-20-16-23(11-14-28-20)15-19-9-5-6-10-21(19)25/h2-10,20,25H,11-17H2,1H3. The van der Waals surface area contributed by atoms with Gasteiger partial charge in [-0.3, -0.25) is 9.69 Å². The van der Waals surface area contributed by atoms with E-state index in [0.29, 0.717) is 50.7 Å². The van der Waals surface area contributed by atoms with Crippen LogP contribution in [0.3, 0.4) is 0 Å². The number of phenols is 1. The Morgan fingerprint density at radius 2 is 1.96 bits per heavy atom. The monoisotopic (exact) mass is 384 g/mol. The summed E-state index contributed by atoms with van der Waals surface area (Å²) in [7, 11) is 1.64. The predicted molar refractivity (Wildman–Crippen MR) is 107 cm³/mol. The zero-order valence-electron chi connectivity index (χ0n) is 16.3. The van der Waals surface area contributed by atoms with Gasteiger partial charge in [-0.2, -0.15) is 0 Å². The molecule has 0 aromatic heterocycles. The fraction of sp³-hybridized carbons (Fsp3) is 0.409. The van der Waals surface area contributed by atoms with Crippen LogP contribution in [0.2, 0.25) is 0 Å². The van der Waals surface area contributed by atoms with Gasteiger partial charge in [-0.15, -0.1) is 0 Å². The predicted octanol–water partition coefficient (Wildman–Crippen LogP) is 2.38. The minimum Gasteiger partial charge on any atom is -0.508 e. The van der Waals surface area contributed by atoms with E-state index in [1.807, 2.05) is 48.5 Å². The number of carbonyl (C=O) groups excluding carboxylic acids is 1. The molecule has 0 radical (unpaired) electrons. The maximum Gasteiger partial charge on any atom is 0.254 e. The lowest BCUT2D eigenvalue weighted by atomic mass is 10.1. The van der Waals surface area contributed by atoms with Crippen LogP contribution in [0.1, 0.15) is 15.9 Å². The third-order valence-corrected chi connectivity index (χ3v) is 4.91. The Kier molecular flexibility index (Phi) is 7.42. The van der Waals surface area contributed by atoms with E-state index in [-0.39, 0.29) is 12.0 Å². The first-order valence-corrected chi connectivity index (χ1v) is 9.61. The molecule has 6 nitrogen and oxygen atoms in total. The highest BCUT2D eigenvalue weighted by molar-refractivity contribution is 5.94. The Labute approximate surface area is 166 Å². The van der Waals surface area contributed by atoms with Gasteiger partial charge in [0.05, 0.1) is 19.3 Å². The van der Waals surface area contributed by atoms with Gasteiger partial charge >= 0.3 is 0 Å². The summed E-state index contributed by atoms with van der Waals surface area (Å²) in [6.45, 7) is 4.29. The van der Waals surface area contributed by atoms with Gasteiger partial charge in [0.15, 0.2) is 0 Å². The fourth-order valence-electron chi connectivity index (χ4n) is 3.41. The molecule has 6 heteroatoms. The summed E-state index contributed by atoms with van der Waals surface area (Å²) in [5.74, 6) is 0.297. The molecule has 2 aromatic carbocycles. The highest BCUT2D eigenvalue weighted by Crippen LogP contribution is 2.19. The van der Waals surface area contributed by atoms with Crippen LogP contribution in [0.4, 0.5) is 0 Å². The molecule has 3 rings (SSSR count). The molecule has 1 N–H and O–H groups in total. The SMILES string of the molecule is COCCN(CC1CN(Cc2ccccc2O)CCO1)C(=O)c1ccccc1. The number of aromatic hydroxyl groups is 1. The van der Waals surface area contributed by atoms with Gasteiger partial charge in [0.1, 0.15) is 5.75 Å². The van der Waals surface area contributed by atoms with Crippen molar-refractivity contribution in [2.24, 2.45) is 0 Å². The van der Waals surface area contributed by atoms with Crippen molar-refractivity contribution in [2.45, 2.75) is 12.6 Å². The summed E-state index contributed by atoms with van der Waals surface area (Å²) in [6, 6.07) is 16.7. The molecule has 0 bridgehead atoms. The molecule has 1 aliphatic rings. The van der Waals surface area contributed by atoms with Crippen LogP contribution in [0.15, 0.2) is 54.6 Å². The van der Waals surface area contributed by atoms with E-state index in [0.717, 1.165) is 12.1 Å². The molecule has 1 unspecified atom stereocenters.